The zero-order chi connectivity index (χ0) is 18.8. The first-order valence-corrected chi connectivity index (χ1v) is 7.65. The van der Waals surface area contributed by atoms with Crippen molar-refractivity contribution in [2.75, 3.05) is 20.8 Å². The molecule has 2 aromatic rings. The van der Waals surface area contributed by atoms with E-state index in [4.69, 9.17) is 14.3 Å². The summed E-state index contributed by atoms with van der Waals surface area (Å²) in [7, 11) is 2.96. The van der Waals surface area contributed by atoms with E-state index in [-0.39, 0.29) is 6.61 Å². The smallest absolute Gasteiger partial charge is 0.279 e. The van der Waals surface area contributed by atoms with Crippen LogP contribution in [-0.2, 0) is 9.63 Å². The van der Waals surface area contributed by atoms with Crippen LogP contribution < -0.4 is 20.3 Å². The fraction of sp³-hybridized carbons (Fsp3) is 0.167. The molecule has 0 saturated heterocycles. The average Bonchev–Trinajstić information content (AvgIpc) is 2.69. The predicted octanol–water partition coefficient (Wildman–Crippen LogP) is 1.52. The second-order valence-electron chi connectivity index (χ2n) is 4.99. The predicted molar refractivity (Wildman–Crippen MR) is 95.1 cm³/mol. The molecule has 8 nitrogen and oxygen atoms in total. The summed E-state index contributed by atoms with van der Waals surface area (Å²) in [5.41, 5.74) is 5.66. The summed E-state index contributed by atoms with van der Waals surface area (Å²) >= 11 is 0. The Morgan fingerprint density at radius 1 is 1.00 bits per heavy atom. The van der Waals surface area contributed by atoms with Gasteiger partial charge in [0.2, 0.25) is 0 Å². The largest absolute Gasteiger partial charge is 0.493 e. The molecule has 2 amide bonds. The Morgan fingerprint density at radius 3 is 2.42 bits per heavy atom. The van der Waals surface area contributed by atoms with Gasteiger partial charge in [0.05, 0.1) is 20.4 Å². The number of methoxy groups -OCH3 is 2. The normalized spacial score (nSPS) is 10.2. The maximum absolute atomic E-state index is 12.0. The number of hydrogen-bond donors (Lipinski definition) is 2. The maximum atomic E-state index is 12.0. The molecular formula is C18H19N3O5. The van der Waals surface area contributed by atoms with Gasteiger partial charge in [0.15, 0.2) is 18.1 Å². The molecule has 0 unspecified atom stereocenters. The zero-order valence-electron chi connectivity index (χ0n) is 14.4. The highest BCUT2D eigenvalue weighted by Crippen LogP contribution is 2.27. The number of oxime groups is 1. The Bertz CT molecular complexity index is 778. The minimum atomic E-state index is -0.552. The Labute approximate surface area is 150 Å². The summed E-state index contributed by atoms with van der Waals surface area (Å²) in [4.78, 5) is 28.6. The number of benzene rings is 2. The Kier molecular flexibility index (Phi) is 6.99. The van der Waals surface area contributed by atoms with E-state index in [9.17, 15) is 9.59 Å². The standard InChI is InChI=1S/C18H19N3O5/c1-24-15-9-8-14(10-16(15)25-2)18(23)21-20-17(22)12-26-19-11-13-6-4-3-5-7-13/h3-11H,12H2,1-2H3,(H,20,22)(H,21,23)/b19-11+. The lowest BCUT2D eigenvalue weighted by Gasteiger charge is -2.10. The number of hydrazine groups is 1. The first-order valence-electron chi connectivity index (χ1n) is 7.65. The Hall–Kier alpha value is -3.55. The molecule has 0 radical (unpaired) electrons. The van der Waals surface area contributed by atoms with Gasteiger partial charge in [0.1, 0.15) is 0 Å². The Balaban J connectivity index is 1.78. The lowest BCUT2D eigenvalue weighted by Crippen LogP contribution is -2.43. The Morgan fingerprint density at radius 2 is 1.73 bits per heavy atom. The van der Waals surface area contributed by atoms with Crippen molar-refractivity contribution in [2.45, 2.75) is 0 Å². The van der Waals surface area contributed by atoms with Crippen LogP contribution in [0.25, 0.3) is 0 Å². The average molecular weight is 357 g/mol. The summed E-state index contributed by atoms with van der Waals surface area (Å²) in [6.07, 6.45) is 1.48. The molecule has 0 heterocycles. The van der Waals surface area contributed by atoms with Crippen molar-refractivity contribution < 1.29 is 23.9 Å². The maximum Gasteiger partial charge on any atom is 0.279 e. The SMILES string of the molecule is COc1ccc(C(=O)NNC(=O)CO/N=C/c2ccccc2)cc1OC. The molecule has 0 spiro atoms. The molecule has 0 atom stereocenters. The third kappa shape index (κ3) is 5.52. The van der Waals surface area contributed by atoms with Gasteiger partial charge >= 0.3 is 0 Å². The number of nitrogens with zero attached hydrogens (tertiary/aromatic N) is 1. The van der Waals surface area contributed by atoms with E-state index in [1.807, 2.05) is 30.3 Å². The van der Waals surface area contributed by atoms with Gasteiger partial charge in [0, 0.05) is 5.56 Å². The summed E-state index contributed by atoms with van der Waals surface area (Å²) in [6, 6.07) is 13.9. The molecule has 0 saturated carbocycles. The van der Waals surface area contributed by atoms with Gasteiger partial charge in [-0.3, -0.25) is 20.4 Å². The van der Waals surface area contributed by atoms with Gasteiger partial charge in [-0.25, -0.2) is 0 Å². The summed E-state index contributed by atoms with van der Waals surface area (Å²) in [5.74, 6) is -0.154. The molecule has 0 fully saturated rings. The third-order valence-corrected chi connectivity index (χ3v) is 3.23. The van der Waals surface area contributed by atoms with Gasteiger partial charge in [-0.1, -0.05) is 35.5 Å². The van der Waals surface area contributed by atoms with Gasteiger partial charge < -0.3 is 14.3 Å². The second kappa shape index (κ2) is 9.67. The molecule has 8 heteroatoms. The molecule has 0 aliphatic carbocycles. The summed E-state index contributed by atoms with van der Waals surface area (Å²) in [5, 5.41) is 3.68. The van der Waals surface area contributed by atoms with E-state index in [0.717, 1.165) is 5.56 Å². The molecule has 0 aromatic heterocycles. The second-order valence-corrected chi connectivity index (χ2v) is 4.99. The van der Waals surface area contributed by atoms with Gasteiger partial charge in [0.25, 0.3) is 11.8 Å². The fourth-order valence-electron chi connectivity index (χ4n) is 1.95. The molecule has 0 aliphatic rings. The van der Waals surface area contributed by atoms with Gasteiger partial charge in [-0.15, -0.1) is 0 Å². The number of carbonyl (C=O) groups is 2. The van der Waals surface area contributed by atoms with E-state index >= 15 is 0 Å². The van der Waals surface area contributed by atoms with E-state index in [1.165, 1.54) is 26.5 Å². The topological polar surface area (TPSA) is 98.3 Å². The summed E-state index contributed by atoms with van der Waals surface area (Å²) < 4.78 is 10.2. The lowest BCUT2D eigenvalue weighted by atomic mass is 10.2. The molecule has 2 rings (SSSR count). The number of hydrogen-bond acceptors (Lipinski definition) is 6. The van der Waals surface area contributed by atoms with Crippen LogP contribution in [0.2, 0.25) is 0 Å². The van der Waals surface area contributed by atoms with Crippen LogP contribution in [0.4, 0.5) is 0 Å². The van der Waals surface area contributed by atoms with Crippen LogP contribution in [0.3, 0.4) is 0 Å². The van der Waals surface area contributed by atoms with Crippen LogP contribution in [0.1, 0.15) is 15.9 Å². The highest BCUT2D eigenvalue weighted by molar-refractivity contribution is 5.96. The number of rotatable bonds is 7. The molecule has 26 heavy (non-hydrogen) atoms. The molecular weight excluding hydrogens is 338 g/mol. The fourth-order valence-corrected chi connectivity index (χ4v) is 1.95. The van der Waals surface area contributed by atoms with Crippen LogP contribution >= 0.6 is 0 Å². The highest BCUT2D eigenvalue weighted by Gasteiger charge is 2.11. The molecule has 0 aliphatic heterocycles. The number of nitrogens with one attached hydrogen (secondary N) is 2. The van der Waals surface area contributed by atoms with E-state index < -0.39 is 11.8 Å². The van der Waals surface area contributed by atoms with Crippen molar-refractivity contribution in [2.24, 2.45) is 5.16 Å². The lowest BCUT2D eigenvalue weighted by molar-refractivity contribution is -0.126. The van der Waals surface area contributed by atoms with Gasteiger partial charge in [-0.2, -0.15) is 0 Å². The molecule has 136 valence electrons. The van der Waals surface area contributed by atoms with Crippen LogP contribution in [-0.4, -0.2) is 38.9 Å². The number of carbonyl (C=O) groups excluding carboxylic acids is 2. The van der Waals surface area contributed by atoms with Crippen molar-refractivity contribution >= 4 is 18.0 Å². The van der Waals surface area contributed by atoms with Crippen molar-refractivity contribution in [3.8, 4) is 11.5 Å². The van der Waals surface area contributed by atoms with Crippen molar-refractivity contribution in [3.05, 3.63) is 59.7 Å². The minimum Gasteiger partial charge on any atom is -0.493 e. The number of amides is 2. The number of ether oxygens (including phenoxy) is 2. The van der Waals surface area contributed by atoms with Gasteiger partial charge in [-0.05, 0) is 23.8 Å². The minimum absolute atomic E-state index is 0.297. The van der Waals surface area contributed by atoms with Crippen molar-refractivity contribution in [1.29, 1.82) is 0 Å². The van der Waals surface area contributed by atoms with Crippen molar-refractivity contribution in [3.63, 3.8) is 0 Å². The van der Waals surface area contributed by atoms with Crippen molar-refractivity contribution in [1.82, 2.24) is 10.9 Å². The van der Waals surface area contributed by atoms with E-state index in [0.29, 0.717) is 17.1 Å². The molecule has 2 N–H and O–H groups in total. The monoisotopic (exact) mass is 357 g/mol. The third-order valence-electron chi connectivity index (χ3n) is 3.23. The first kappa shape index (κ1) is 18.8. The zero-order valence-corrected chi connectivity index (χ0v) is 14.4. The summed E-state index contributed by atoms with van der Waals surface area (Å²) in [6.45, 7) is -0.338. The highest BCUT2D eigenvalue weighted by atomic mass is 16.6. The van der Waals surface area contributed by atoms with E-state index in [1.54, 1.807) is 12.1 Å². The van der Waals surface area contributed by atoms with E-state index in [2.05, 4.69) is 16.0 Å². The quantitative estimate of drug-likeness (QED) is 0.578. The van der Waals surface area contributed by atoms with Crippen LogP contribution in [0, 0.1) is 0 Å². The molecule has 0 bridgehead atoms. The molecule has 2 aromatic carbocycles. The van der Waals surface area contributed by atoms with Crippen LogP contribution in [0.15, 0.2) is 53.7 Å². The van der Waals surface area contributed by atoms with Crippen LogP contribution in [0.5, 0.6) is 11.5 Å². The first-order chi connectivity index (χ1) is 12.6.